The van der Waals surface area contributed by atoms with E-state index in [1.807, 2.05) is 26.0 Å². The van der Waals surface area contributed by atoms with Gasteiger partial charge in [-0.3, -0.25) is 4.98 Å². The Balaban J connectivity index is 0.000000531. The smallest absolute Gasteiger partial charge is 0.127 e. The van der Waals surface area contributed by atoms with E-state index in [1.165, 1.54) is 6.33 Å². The monoisotopic (exact) mass is 202 g/mol. The van der Waals surface area contributed by atoms with Gasteiger partial charge in [0.05, 0.1) is 5.69 Å². The number of nitrogens with zero attached hydrogens (tertiary/aromatic N) is 3. The van der Waals surface area contributed by atoms with Gasteiger partial charge in [0, 0.05) is 24.0 Å². The van der Waals surface area contributed by atoms with Gasteiger partial charge in [-0.1, -0.05) is 13.8 Å². The number of aromatic nitrogens is 3. The maximum absolute atomic E-state index is 5.52. The highest BCUT2D eigenvalue weighted by Gasteiger charge is 1.98. The molecule has 0 saturated heterocycles. The molecule has 0 fully saturated rings. The van der Waals surface area contributed by atoms with Gasteiger partial charge in [-0.15, -0.1) is 0 Å². The number of hydrogen-bond donors (Lipinski definition) is 1. The van der Waals surface area contributed by atoms with Crippen molar-refractivity contribution in [3.63, 3.8) is 0 Å². The van der Waals surface area contributed by atoms with E-state index in [9.17, 15) is 0 Å². The first-order chi connectivity index (χ1) is 7.36. The predicted octanol–water partition coefficient (Wildman–Crippen LogP) is 2.15. The summed E-state index contributed by atoms with van der Waals surface area (Å²) in [5.74, 6) is 0.467. The number of pyridine rings is 1. The Labute approximate surface area is 89.2 Å². The molecule has 2 rings (SSSR count). The van der Waals surface area contributed by atoms with Crippen LogP contribution in [0.3, 0.4) is 0 Å². The first kappa shape index (κ1) is 11.1. The second kappa shape index (κ2) is 5.70. The fraction of sp³-hybridized carbons (Fsp3) is 0.182. The van der Waals surface area contributed by atoms with Crippen molar-refractivity contribution in [2.24, 2.45) is 0 Å². The first-order valence-electron chi connectivity index (χ1n) is 4.84. The van der Waals surface area contributed by atoms with Gasteiger partial charge in [-0.05, 0) is 12.1 Å². The summed E-state index contributed by atoms with van der Waals surface area (Å²) in [4.78, 5) is 11.9. The molecular formula is C11H14N4. The van der Waals surface area contributed by atoms with Crippen LogP contribution in [0.15, 0.2) is 36.9 Å². The molecular weight excluding hydrogens is 188 g/mol. The molecule has 2 heterocycles. The summed E-state index contributed by atoms with van der Waals surface area (Å²) in [6, 6.07) is 5.50. The highest BCUT2D eigenvalue weighted by Crippen LogP contribution is 2.15. The Hall–Kier alpha value is -1.97. The van der Waals surface area contributed by atoms with Crippen molar-refractivity contribution >= 4 is 5.82 Å². The minimum absolute atomic E-state index is 0.467. The Kier molecular flexibility index (Phi) is 4.22. The van der Waals surface area contributed by atoms with Crippen molar-refractivity contribution in [1.82, 2.24) is 15.0 Å². The van der Waals surface area contributed by atoms with Gasteiger partial charge in [-0.2, -0.15) is 0 Å². The molecule has 0 aliphatic heterocycles. The Morgan fingerprint density at radius 1 is 1.20 bits per heavy atom. The van der Waals surface area contributed by atoms with Crippen LogP contribution < -0.4 is 5.73 Å². The third-order valence-corrected chi connectivity index (χ3v) is 1.65. The molecule has 15 heavy (non-hydrogen) atoms. The van der Waals surface area contributed by atoms with E-state index in [-0.39, 0.29) is 0 Å². The predicted molar refractivity (Wildman–Crippen MR) is 61.0 cm³/mol. The molecule has 0 unspecified atom stereocenters. The average Bonchev–Trinajstić information content (AvgIpc) is 2.33. The van der Waals surface area contributed by atoms with Crippen LogP contribution in [0.2, 0.25) is 0 Å². The second-order valence-electron chi connectivity index (χ2n) is 2.57. The second-order valence-corrected chi connectivity index (χ2v) is 2.57. The minimum Gasteiger partial charge on any atom is -0.384 e. The molecule has 0 saturated carbocycles. The van der Waals surface area contributed by atoms with Crippen molar-refractivity contribution in [2.45, 2.75) is 13.8 Å². The lowest BCUT2D eigenvalue weighted by Gasteiger charge is -1.98. The highest BCUT2D eigenvalue weighted by molar-refractivity contribution is 5.59. The summed E-state index contributed by atoms with van der Waals surface area (Å²) >= 11 is 0. The lowest BCUT2D eigenvalue weighted by molar-refractivity contribution is 1.17. The molecule has 78 valence electrons. The van der Waals surface area contributed by atoms with E-state index in [4.69, 9.17) is 5.73 Å². The molecule has 0 radical (unpaired) electrons. The zero-order chi connectivity index (χ0) is 11.1. The van der Waals surface area contributed by atoms with Crippen LogP contribution in [0, 0.1) is 0 Å². The zero-order valence-electron chi connectivity index (χ0n) is 8.88. The Morgan fingerprint density at radius 2 is 2.00 bits per heavy atom. The number of rotatable bonds is 1. The molecule has 0 aliphatic carbocycles. The molecule has 0 amide bonds. The summed E-state index contributed by atoms with van der Waals surface area (Å²) in [6.07, 6.45) is 4.90. The van der Waals surface area contributed by atoms with E-state index in [2.05, 4.69) is 15.0 Å². The van der Waals surface area contributed by atoms with Gasteiger partial charge in [-0.25, -0.2) is 9.97 Å². The molecule has 0 aromatic carbocycles. The van der Waals surface area contributed by atoms with E-state index in [1.54, 1.807) is 18.5 Å². The normalized spacial score (nSPS) is 8.93. The van der Waals surface area contributed by atoms with Crippen LogP contribution in [0.25, 0.3) is 11.3 Å². The van der Waals surface area contributed by atoms with E-state index in [0.717, 1.165) is 11.3 Å². The quantitative estimate of drug-likeness (QED) is 0.769. The fourth-order valence-corrected chi connectivity index (χ4v) is 1.04. The maximum atomic E-state index is 5.52. The molecule has 0 spiro atoms. The Bertz CT molecular complexity index is 400. The number of nitrogens with two attached hydrogens (primary N) is 1. The molecule has 0 atom stereocenters. The van der Waals surface area contributed by atoms with Crippen molar-refractivity contribution in [1.29, 1.82) is 0 Å². The fourth-order valence-electron chi connectivity index (χ4n) is 1.04. The zero-order valence-corrected chi connectivity index (χ0v) is 8.88. The van der Waals surface area contributed by atoms with Crippen LogP contribution in [0.5, 0.6) is 0 Å². The SMILES string of the molecule is CC.Nc1cc(-c2cccnc2)ncn1. The van der Waals surface area contributed by atoms with Gasteiger partial charge in [0.25, 0.3) is 0 Å². The third-order valence-electron chi connectivity index (χ3n) is 1.65. The first-order valence-corrected chi connectivity index (χ1v) is 4.84. The maximum Gasteiger partial charge on any atom is 0.127 e. The van der Waals surface area contributed by atoms with Crippen LogP contribution >= 0.6 is 0 Å². The van der Waals surface area contributed by atoms with Crippen molar-refractivity contribution in [3.8, 4) is 11.3 Å². The number of hydrogen-bond acceptors (Lipinski definition) is 4. The molecule has 2 aromatic heterocycles. The average molecular weight is 202 g/mol. The van der Waals surface area contributed by atoms with Crippen molar-refractivity contribution in [2.75, 3.05) is 5.73 Å². The van der Waals surface area contributed by atoms with Gasteiger partial charge in [0.15, 0.2) is 0 Å². The molecule has 4 nitrogen and oxygen atoms in total. The molecule has 0 aliphatic rings. The topological polar surface area (TPSA) is 64.7 Å². The molecule has 2 aromatic rings. The van der Waals surface area contributed by atoms with Crippen molar-refractivity contribution in [3.05, 3.63) is 36.9 Å². The summed E-state index contributed by atoms with van der Waals surface area (Å²) in [5, 5.41) is 0. The third kappa shape index (κ3) is 3.02. The lowest BCUT2D eigenvalue weighted by atomic mass is 10.2. The molecule has 4 heteroatoms. The number of nitrogen functional groups attached to an aromatic ring is 1. The highest BCUT2D eigenvalue weighted by atomic mass is 14.9. The van der Waals surface area contributed by atoms with Gasteiger partial charge >= 0.3 is 0 Å². The lowest BCUT2D eigenvalue weighted by Crippen LogP contribution is -1.92. The van der Waals surface area contributed by atoms with Crippen LogP contribution in [-0.2, 0) is 0 Å². The summed E-state index contributed by atoms with van der Waals surface area (Å²) in [7, 11) is 0. The van der Waals surface area contributed by atoms with E-state index >= 15 is 0 Å². The van der Waals surface area contributed by atoms with Crippen LogP contribution in [-0.4, -0.2) is 15.0 Å². The van der Waals surface area contributed by atoms with E-state index in [0.29, 0.717) is 5.82 Å². The van der Waals surface area contributed by atoms with E-state index < -0.39 is 0 Å². The largest absolute Gasteiger partial charge is 0.384 e. The van der Waals surface area contributed by atoms with Gasteiger partial charge < -0.3 is 5.73 Å². The van der Waals surface area contributed by atoms with Crippen LogP contribution in [0.1, 0.15) is 13.8 Å². The molecule has 2 N–H and O–H groups in total. The van der Waals surface area contributed by atoms with Crippen LogP contribution in [0.4, 0.5) is 5.82 Å². The summed E-state index contributed by atoms with van der Waals surface area (Å²) in [6.45, 7) is 4.00. The summed E-state index contributed by atoms with van der Waals surface area (Å²) < 4.78 is 0. The summed E-state index contributed by atoms with van der Waals surface area (Å²) in [5.41, 5.74) is 7.26. The van der Waals surface area contributed by atoms with Gasteiger partial charge in [0.2, 0.25) is 0 Å². The standard InChI is InChI=1S/C9H8N4.C2H6/c10-9-4-8(12-6-13-9)7-2-1-3-11-5-7;1-2/h1-6H,(H2,10,12,13);1-2H3. The van der Waals surface area contributed by atoms with Gasteiger partial charge in [0.1, 0.15) is 12.1 Å². The molecule has 0 bridgehead atoms. The Morgan fingerprint density at radius 3 is 2.60 bits per heavy atom. The number of anilines is 1. The van der Waals surface area contributed by atoms with Crippen molar-refractivity contribution < 1.29 is 0 Å². The minimum atomic E-state index is 0.467.